The van der Waals surface area contributed by atoms with Crippen LogP contribution in [0.1, 0.15) is 26.7 Å². The molecule has 1 fully saturated rings. The van der Waals surface area contributed by atoms with Crippen LogP contribution in [-0.4, -0.2) is 33.4 Å². The second-order valence-corrected chi connectivity index (χ2v) is 5.26. The highest BCUT2D eigenvalue weighted by Crippen LogP contribution is 2.29. The van der Waals surface area contributed by atoms with E-state index in [1.807, 2.05) is 13.8 Å². The summed E-state index contributed by atoms with van der Waals surface area (Å²) in [5, 5.41) is 13.1. The standard InChI is InChI=1S/C12H19N5O2/c1-8(2)5-13-11(18)7-17-6-10(15-16-17)14-12(19)9-3-4-9/h6,8-9H,3-5,7H2,1-2H3,(H,13,18)(H,14,19). The number of anilines is 1. The first kappa shape index (κ1) is 13.5. The number of aromatic nitrogens is 3. The van der Waals surface area contributed by atoms with Gasteiger partial charge in [0.25, 0.3) is 0 Å². The van der Waals surface area contributed by atoms with Gasteiger partial charge in [-0.15, -0.1) is 5.10 Å². The monoisotopic (exact) mass is 265 g/mol. The third-order valence-electron chi connectivity index (χ3n) is 2.75. The van der Waals surface area contributed by atoms with Gasteiger partial charge >= 0.3 is 0 Å². The molecule has 1 heterocycles. The Morgan fingerprint density at radius 3 is 2.84 bits per heavy atom. The van der Waals surface area contributed by atoms with Crippen LogP contribution in [0.25, 0.3) is 0 Å². The first-order chi connectivity index (χ1) is 9.04. The Labute approximate surface area is 111 Å². The van der Waals surface area contributed by atoms with Crippen LogP contribution in [0.4, 0.5) is 5.82 Å². The number of hydrogen-bond acceptors (Lipinski definition) is 4. The number of amides is 2. The fourth-order valence-electron chi connectivity index (χ4n) is 1.53. The molecule has 7 heteroatoms. The summed E-state index contributed by atoms with van der Waals surface area (Å²) in [7, 11) is 0. The highest BCUT2D eigenvalue weighted by molar-refractivity contribution is 5.93. The van der Waals surface area contributed by atoms with Crippen LogP contribution < -0.4 is 10.6 Å². The molecular weight excluding hydrogens is 246 g/mol. The van der Waals surface area contributed by atoms with Crippen LogP contribution in [0.5, 0.6) is 0 Å². The van der Waals surface area contributed by atoms with Crippen LogP contribution in [0.3, 0.4) is 0 Å². The minimum atomic E-state index is -0.112. The second-order valence-electron chi connectivity index (χ2n) is 5.26. The first-order valence-corrected chi connectivity index (χ1v) is 6.52. The van der Waals surface area contributed by atoms with Crippen molar-refractivity contribution < 1.29 is 9.59 Å². The fraction of sp³-hybridized carbons (Fsp3) is 0.667. The third kappa shape index (κ3) is 4.35. The quantitative estimate of drug-likeness (QED) is 0.779. The van der Waals surface area contributed by atoms with E-state index >= 15 is 0 Å². The Morgan fingerprint density at radius 1 is 1.47 bits per heavy atom. The molecule has 2 N–H and O–H groups in total. The van der Waals surface area contributed by atoms with E-state index in [0.717, 1.165) is 12.8 Å². The van der Waals surface area contributed by atoms with Gasteiger partial charge in [0.05, 0.1) is 6.20 Å². The molecule has 0 saturated heterocycles. The van der Waals surface area contributed by atoms with Crippen LogP contribution >= 0.6 is 0 Å². The van der Waals surface area contributed by atoms with Gasteiger partial charge in [-0.25, -0.2) is 4.68 Å². The highest BCUT2D eigenvalue weighted by Gasteiger charge is 2.30. The van der Waals surface area contributed by atoms with Crippen molar-refractivity contribution in [3.05, 3.63) is 6.20 Å². The van der Waals surface area contributed by atoms with Crippen molar-refractivity contribution >= 4 is 17.6 Å². The highest BCUT2D eigenvalue weighted by atomic mass is 16.2. The van der Waals surface area contributed by atoms with E-state index < -0.39 is 0 Å². The summed E-state index contributed by atoms with van der Waals surface area (Å²) >= 11 is 0. The van der Waals surface area contributed by atoms with Crippen molar-refractivity contribution in [3.8, 4) is 0 Å². The minimum Gasteiger partial charge on any atom is -0.354 e. The Hall–Kier alpha value is -1.92. The maximum atomic E-state index is 11.6. The molecule has 0 atom stereocenters. The maximum absolute atomic E-state index is 11.6. The molecule has 2 amide bonds. The molecule has 1 aliphatic carbocycles. The molecule has 0 bridgehead atoms. The van der Waals surface area contributed by atoms with Crippen molar-refractivity contribution in [1.82, 2.24) is 20.3 Å². The normalized spacial score (nSPS) is 14.5. The van der Waals surface area contributed by atoms with Crippen LogP contribution in [0, 0.1) is 11.8 Å². The minimum absolute atomic E-state index is 0.0173. The number of rotatable bonds is 6. The van der Waals surface area contributed by atoms with Crippen molar-refractivity contribution in [3.63, 3.8) is 0 Å². The summed E-state index contributed by atoms with van der Waals surface area (Å²) in [6.07, 6.45) is 3.45. The average Bonchev–Trinajstić information content (AvgIpc) is 3.11. The summed E-state index contributed by atoms with van der Waals surface area (Å²) in [5.41, 5.74) is 0. The maximum Gasteiger partial charge on any atom is 0.241 e. The predicted octanol–water partition coefficient (Wildman–Crippen LogP) is 0.399. The molecule has 0 radical (unpaired) electrons. The van der Waals surface area contributed by atoms with E-state index in [1.54, 1.807) is 6.20 Å². The molecule has 1 aromatic heterocycles. The third-order valence-corrected chi connectivity index (χ3v) is 2.75. The van der Waals surface area contributed by atoms with Gasteiger partial charge in [0.15, 0.2) is 5.82 Å². The van der Waals surface area contributed by atoms with E-state index in [1.165, 1.54) is 4.68 Å². The molecule has 0 aliphatic heterocycles. The van der Waals surface area contributed by atoms with Crippen LogP contribution in [0.15, 0.2) is 6.20 Å². The predicted molar refractivity (Wildman–Crippen MR) is 69.2 cm³/mol. The lowest BCUT2D eigenvalue weighted by Crippen LogP contribution is -2.30. The first-order valence-electron chi connectivity index (χ1n) is 6.52. The van der Waals surface area contributed by atoms with Crippen molar-refractivity contribution in [2.24, 2.45) is 11.8 Å². The lowest BCUT2D eigenvalue weighted by atomic mass is 10.2. The van der Waals surface area contributed by atoms with Crippen molar-refractivity contribution in [2.75, 3.05) is 11.9 Å². The summed E-state index contributed by atoms with van der Waals surface area (Å²) < 4.78 is 1.41. The van der Waals surface area contributed by atoms with Gasteiger partial charge in [-0.2, -0.15) is 0 Å². The van der Waals surface area contributed by atoms with E-state index in [9.17, 15) is 9.59 Å². The zero-order valence-corrected chi connectivity index (χ0v) is 11.2. The Morgan fingerprint density at radius 2 is 2.21 bits per heavy atom. The smallest absolute Gasteiger partial charge is 0.241 e. The molecule has 0 spiro atoms. The Balaban J connectivity index is 1.79. The lowest BCUT2D eigenvalue weighted by Gasteiger charge is -2.06. The average molecular weight is 265 g/mol. The van der Waals surface area contributed by atoms with Crippen molar-refractivity contribution in [1.29, 1.82) is 0 Å². The van der Waals surface area contributed by atoms with Crippen LogP contribution in [-0.2, 0) is 16.1 Å². The van der Waals surface area contributed by atoms with Gasteiger partial charge < -0.3 is 10.6 Å². The van der Waals surface area contributed by atoms with Gasteiger partial charge in [-0.1, -0.05) is 19.1 Å². The largest absolute Gasteiger partial charge is 0.354 e. The number of carbonyl (C=O) groups excluding carboxylic acids is 2. The summed E-state index contributed by atoms with van der Waals surface area (Å²) in [5.74, 6) is 0.802. The molecular formula is C12H19N5O2. The Bertz CT molecular complexity index is 464. The molecule has 7 nitrogen and oxygen atoms in total. The van der Waals surface area contributed by atoms with E-state index in [0.29, 0.717) is 18.3 Å². The molecule has 0 unspecified atom stereocenters. The summed E-state index contributed by atoms with van der Waals surface area (Å²) in [6.45, 7) is 4.81. The Kier molecular flexibility index (Phi) is 4.13. The summed E-state index contributed by atoms with van der Waals surface area (Å²) in [6, 6.07) is 0. The summed E-state index contributed by atoms with van der Waals surface area (Å²) in [4.78, 5) is 23.1. The van der Waals surface area contributed by atoms with Gasteiger partial charge in [0.1, 0.15) is 6.54 Å². The van der Waals surface area contributed by atoms with E-state index in [4.69, 9.17) is 0 Å². The molecule has 19 heavy (non-hydrogen) atoms. The topological polar surface area (TPSA) is 88.9 Å². The number of nitrogens with zero attached hydrogens (tertiary/aromatic N) is 3. The van der Waals surface area contributed by atoms with Crippen molar-refractivity contribution in [2.45, 2.75) is 33.2 Å². The molecule has 2 rings (SSSR count). The van der Waals surface area contributed by atoms with Gasteiger partial charge in [-0.05, 0) is 18.8 Å². The fourth-order valence-corrected chi connectivity index (χ4v) is 1.53. The van der Waals surface area contributed by atoms with Gasteiger partial charge in [0.2, 0.25) is 11.8 Å². The zero-order valence-electron chi connectivity index (χ0n) is 11.2. The van der Waals surface area contributed by atoms with Crippen LogP contribution in [0.2, 0.25) is 0 Å². The van der Waals surface area contributed by atoms with E-state index in [-0.39, 0.29) is 24.3 Å². The van der Waals surface area contributed by atoms with Gasteiger partial charge in [0, 0.05) is 12.5 Å². The molecule has 0 aromatic carbocycles. The zero-order chi connectivity index (χ0) is 13.8. The molecule has 1 aromatic rings. The SMILES string of the molecule is CC(C)CNC(=O)Cn1cc(NC(=O)C2CC2)nn1. The molecule has 104 valence electrons. The second kappa shape index (κ2) is 5.81. The molecule has 1 saturated carbocycles. The number of hydrogen-bond donors (Lipinski definition) is 2. The molecule has 1 aliphatic rings. The van der Waals surface area contributed by atoms with E-state index in [2.05, 4.69) is 20.9 Å². The number of carbonyl (C=O) groups is 2. The lowest BCUT2D eigenvalue weighted by molar-refractivity contribution is -0.122. The number of nitrogens with one attached hydrogen (secondary N) is 2. The van der Waals surface area contributed by atoms with Gasteiger partial charge in [-0.3, -0.25) is 9.59 Å².